The van der Waals surface area contributed by atoms with Crippen molar-refractivity contribution in [1.29, 1.82) is 0 Å². The Hall–Kier alpha value is -1.66. The molecule has 0 aliphatic carbocycles. The number of hydrogen-bond donors (Lipinski definition) is 1. The zero-order valence-corrected chi connectivity index (χ0v) is 14.2. The third-order valence-corrected chi connectivity index (χ3v) is 5.29. The van der Waals surface area contributed by atoms with E-state index in [-0.39, 0.29) is 5.03 Å². The van der Waals surface area contributed by atoms with Crippen molar-refractivity contribution < 1.29 is 8.42 Å². The van der Waals surface area contributed by atoms with E-state index in [1.54, 1.807) is 4.68 Å². The first-order chi connectivity index (χ1) is 11.0. The molecule has 1 aliphatic rings. The molecule has 1 fully saturated rings. The molecule has 2 aromatic rings. The lowest BCUT2D eigenvalue weighted by Gasteiger charge is -2.23. The van der Waals surface area contributed by atoms with E-state index in [0.29, 0.717) is 11.6 Å². The largest absolute Gasteiger partial charge is 0.314 e. The predicted octanol–water partition coefficient (Wildman–Crippen LogP) is 2.49. The third-order valence-electron chi connectivity index (χ3n) is 4.28. The Morgan fingerprint density at radius 2 is 2.04 bits per heavy atom. The third kappa shape index (κ3) is 4.00. The van der Waals surface area contributed by atoms with E-state index >= 15 is 0 Å². The molecule has 5 nitrogen and oxygen atoms in total. The number of sulfone groups is 1. The average molecular weight is 333 g/mol. The van der Waals surface area contributed by atoms with Gasteiger partial charge in [0, 0.05) is 30.6 Å². The maximum absolute atomic E-state index is 12.1. The molecule has 1 aromatic heterocycles. The number of benzene rings is 1. The maximum Gasteiger partial charge on any atom is 0.195 e. The van der Waals surface area contributed by atoms with Gasteiger partial charge in [-0.1, -0.05) is 36.8 Å². The van der Waals surface area contributed by atoms with E-state index in [2.05, 4.69) is 10.4 Å². The maximum atomic E-state index is 12.1. The van der Waals surface area contributed by atoms with Crippen molar-refractivity contribution in [3.05, 3.63) is 36.5 Å². The zero-order chi connectivity index (χ0) is 16.3. The fraction of sp³-hybridized carbons (Fsp3) is 0.471. The average Bonchev–Trinajstić information content (AvgIpc) is 2.99. The van der Waals surface area contributed by atoms with Crippen molar-refractivity contribution in [2.75, 3.05) is 12.8 Å². The molecule has 1 aromatic carbocycles. The van der Waals surface area contributed by atoms with Crippen molar-refractivity contribution in [1.82, 2.24) is 15.1 Å². The predicted molar refractivity (Wildman–Crippen MR) is 91.0 cm³/mol. The summed E-state index contributed by atoms with van der Waals surface area (Å²) in [5.41, 5.74) is 1.57. The van der Waals surface area contributed by atoms with Gasteiger partial charge in [-0.15, -0.1) is 0 Å². The van der Waals surface area contributed by atoms with Gasteiger partial charge >= 0.3 is 0 Å². The summed E-state index contributed by atoms with van der Waals surface area (Å²) in [6.07, 6.45) is 7.74. The first-order valence-corrected chi connectivity index (χ1v) is 9.99. The summed E-state index contributed by atoms with van der Waals surface area (Å²) in [4.78, 5) is 0. The standard InChI is InChI=1S/C17H23N3O2S/c1-23(21,22)17-16(14-7-3-2-4-8-14)13-20(19-17)12-10-15-9-5-6-11-18-15/h2-4,7-8,13,15,18H,5-6,9-12H2,1H3. The Kier molecular flexibility index (Phi) is 4.82. The van der Waals surface area contributed by atoms with Crippen LogP contribution in [0.3, 0.4) is 0 Å². The van der Waals surface area contributed by atoms with Crippen molar-refractivity contribution in [2.24, 2.45) is 0 Å². The summed E-state index contributed by atoms with van der Waals surface area (Å²) in [7, 11) is -3.35. The van der Waals surface area contributed by atoms with E-state index in [9.17, 15) is 8.42 Å². The summed E-state index contributed by atoms with van der Waals surface area (Å²) < 4.78 is 25.9. The van der Waals surface area contributed by atoms with Crippen LogP contribution in [0.25, 0.3) is 11.1 Å². The lowest BCUT2D eigenvalue weighted by atomic mass is 10.0. The SMILES string of the molecule is CS(=O)(=O)c1nn(CCC2CCCCN2)cc1-c1ccccc1. The van der Waals surface area contributed by atoms with Crippen LogP contribution in [-0.2, 0) is 16.4 Å². The summed E-state index contributed by atoms with van der Waals surface area (Å²) in [6.45, 7) is 1.81. The lowest BCUT2D eigenvalue weighted by molar-refractivity contribution is 0.359. The molecular weight excluding hydrogens is 310 g/mol. The zero-order valence-electron chi connectivity index (χ0n) is 13.4. The molecular formula is C17H23N3O2S. The van der Waals surface area contributed by atoms with Crippen molar-refractivity contribution >= 4 is 9.84 Å². The topological polar surface area (TPSA) is 64.0 Å². The van der Waals surface area contributed by atoms with Gasteiger partial charge in [0.2, 0.25) is 0 Å². The van der Waals surface area contributed by atoms with Crippen molar-refractivity contribution in [2.45, 2.75) is 43.3 Å². The number of hydrogen-bond acceptors (Lipinski definition) is 4. The molecule has 124 valence electrons. The molecule has 0 radical (unpaired) electrons. The number of nitrogens with zero attached hydrogens (tertiary/aromatic N) is 2. The fourth-order valence-corrected chi connectivity index (χ4v) is 3.89. The Morgan fingerprint density at radius 3 is 2.70 bits per heavy atom. The Labute approximate surface area is 137 Å². The minimum Gasteiger partial charge on any atom is -0.314 e. The first kappa shape index (κ1) is 16.2. The molecule has 1 unspecified atom stereocenters. The summed E-state index contributed by atoms with van der Waals surface area (Å²) in [6, 6.07) is 10.1. The van der Waals surface area contributed by atoms with E-state index in [1.807, 2.05) is 36.5 Å². The lowest BCUT2D eigenvalue weighted by Crippen LogP contribution is -2.34. The van der Waals surface area contributed by atoms with Crippen molar-refractivity contribution in [3.63, 3.8) is 0 Å². The van der Waals surface area contributed by atoms with Gasteiger partial charge in [0.05, 0.1) is 0 Å². The molecule has 6 heteroatoms. The van der Waals surface area contributed by atoms with Gasteiger partial charge in [-0.05, 0) is 31.4 Å². The number of aromatic nitrogens is 2. The van der Waals surface area contributed by atoms with Crippen LogP contribution in [0, 0.1) is 0 Å². The molecule has 0 bridgehead atoms. The van der Waals surface area contributed by atoms with Crippen molar-refractivity contribution in [3.8, 4) is 11.1 Å². The first-order valence-electron chi connectivity index (χ1n) is 8.10. The minimum atomic E-state index is -3.35. The molecule has 1 atom stereocenters. The van der Waals surface area contributed by atoms with Gasteiger partial charge in [0.15, 0.2) is 14.9 Å². The highest BCUT2D eigenvalue weighted by atomic mass is 32.2. The second kappa shape index (κ2) is 6.84. The molecule has 1 saturated heterocycles. The van der Waals surface area contributed by atoms with Crippen LogP contribution < -0.4 is 5.32 Å². The Balaban J connectivity index is 1.83. The van der Waals surface area contributed by atoms with Gasteiger partial charge in [-0.3, -0.25) is 4.68 Å². The molecule has 3 rings (SSSR count). The van der Waals surface area contributed by atoms with Crippen LogP contribution in [-0.4, -0.2) is 37.0 Å². The van der Waals surface area contributed by atoms with Crippen LogP contribution in [0.2, 0.25) is 0 Å². The molecule has 0 saturated carbocycles. The van der Waals surface area contributed by atoms with Gasteiger partial charge < -0.3 is 5.32 Å². The highest BCUT2D eigenvalue weighted by molar-refractivity contribution is 7.90. The normalized spacial score (nSPS) is 18.9. The highest BCUT2D eigenvalue weighted by Crippen LogP contribution is 2.26. The van der Waals surface area contributed by atoms with E-state index in [1.165, 1.54) is 25.5 Å². The molecule has 0 spiro atoms. The summed E-state index contributed by atoms with van der Waals surface area (Å²) in [5, 5.41) is 8.02. The Morgan fingerprint density at radius 1 is 1.26 bits per heavy atom. The van der Waals surface area contributed by atoms with E-state index in [4.69, 9.17) is 0 Å². The Bertz CT molecular complexity index is 747. The summed E-state index contributed by atoms with van der Waals surface area (Å²) >= 11 is 0. The number of rotatable bonds is 5. The smallest absolute Gasteiger partial charge is 0.195 e. The monoisotopic (exact) mass is 333 g/mol. The van der Waals surface area contributed by atoms with Gasteiger partial charge in [-0.2, -0.15) is 5.10 Å². The molecule has 0 amide bonds. The molecule has 1 N–H and O–H groups in total. The van der Waals surface area contributed by atoms with Crippen LogP contribution in [0.5, 0.6) is 0 Å². The quantitative estimate of drug-likeness (QED) is 0.913. The fourth-order valence-electron chi connectivity index (χ4n) is 3.07. The minimum absolute atomic E-state index is 0.167. The van der Waals surface area contributed by atoms with Crippen LogP contribution in [0.1, 0.15) is 25.7 Å². The molecule has 23 heavy (non-hydrogen) atoms. The van der Waals surface area contributed by atoms with E-state index in [0.717, 1.165) is 25.1 Å². The van der Waals surface area contributed by atoms with Crippen LogP contribution >= 0.6 is 0 Å². The molecule has 2 heterocycles. The highest BCUT2D eigenvalue weighted by Gasteiger charge is 2.20. The summed E-state index contributed by atoms with van der Waals surface area (Å²) in [5.74, 6) is 0. The number of piperidine rings is 1. The molecule has 1 aliphatic heterocycles. The van der Waals surface area contributed by atoms with Crippen LogP contribution in [0.15, 0.2) is 41.6 Å². The van der Waals surface area contributed by atoms with E-state index < -0.39 is 9.84 Å². The number of aryl methyl sites for hydroxylation is 1. The second-order valence-electron chi connectivity index (χ2n) is 6.18. The second-order valence-corrected chi connectivity index (χ2v) is 8.12. The van der Waals surface area contributed by atoms with Crippen LogP contribution in [0.4, 0.5) is 0 Å². The van der Waals surface area contributed by atoms with Gasteiger partial charge in [-0.25, -0.2) is 8.42 Å². The number of nitrogens with one attached hydrogen (secondary N) is 1. The van der Waals surface area contributed by atoms with Gasteiger partial charge in [0.1, 0.15) is 0 Å². The van der Waals surface area contributed by atoms with Gasteiger partial charge in [0.25, 0.3) is 0 Å².